The van der Waals surface area contributed by atoms with Crippen molar-refractivity contribution >= 4 is 22.1 Å². The highest BCUT2D eigenvalue weighted by atomic mass is 16.3. The number of fused-ring (bicyclic) bond motifs is 4. The lowest BCUT2D eigenvalue weighted by Gasteiger charge is -2.15. The minimum Gasteiger partial charge on any atom is -0.454 e. The van der Waals surface area contributed by atoms with Crippen LogP contribution < -0.4 is 0 Å². The van der Waals surface area contributed by atoms with Crippen LogP contribution in [0.5, 0.6) is 0 Å². The van der Waals surface area contributed by atoms with Crippen LogP contribution in [-0.4, -0.2) is 4.98 Å². The van der Waals surface area contributed by atoms with Gasteiger partial charge in [-0.2, -0.15) is 0 Å². The molecule has 1 aliphatic rings. The van der Waals surface area contributed by atoms with Crippen LogP contribution >= 0.6 is 0 Å². The van der Waals surface area contributed by atoms with Gasteiger partial charge in [-0.1, -0.05) is 25.0 Å². The van der Waals surface area contributed by atoms with Gasteiger partial charge in [0.15, 0.2) is 5.58 Å². The summed E-state index contributed by atoms with van der Waals surface area (Å²) in [5, 5.41) is 1.15. The van der Waals surface area contributed by atoms with Crippen molar-refractivity contribution in [3.63, 3.8) is 0 Å². The normalized spacial score (nSPS) is 16.1. The molecular weight excluding hydrogens is 246 g/mol. The summed E-state index contributed by atoms with van der Waals surface area (Å²) in [6.45, 7) is 2.20. The van der Waals surface area contributed by atoms with Gasteiger partial charge in [-0.05, 0) is 55.9 Å². The van der Waals surface area contributed by atoms with E-state index in [9.17, 15) is 0 Å². The third kappa shape index (κ3) is 1.75. The van der Waals surface area contributed by atoms with Crippen molar-refractivity contribution in [2.45, 2.75) is 45.4 Å². The minimum absolute atomic E-state index is 0.955. The molecule has 0 atom stereocenters. The van der Waals surface area contributed by atoms with Crippen molar-refractivity contribution < 1.29 is 4.42 Å². The zero-order chi connectivity index (χ0) is 13.5. The molecule has 0 bridgehead atoms. The summed E-state index contributed by atoms with van der Waals surface area (Å²) in [4.78, 5) is 4.97. The Hall–Kier alpha value is -1.83. The second kappa shape index (κ2) is 4.62. The van der Waals surface area contributed by atoms with E-state index in [-0.39, 0.29) is 0 Å². The Bertz CT molecular complexity index is 785. The number of rotatable bonds is 0. The largest absolute Gasteiger partial charge is 0.454 e. The smallest absolute Gasteiger partial charge is 0.157 e. The van der Waals surface area contributed by atoms with Gasteiger partial charge in [-0.25, -0.2) is 4.98 Å². The number of aromatic nitrogens is 1. The van der Waals surface area contributed by atoms with E-state index in [0.717, 1.165) is 34.9 Å². The van der Waals surface area contributed by atoms with E-state index in [1.165, 1.54) is 42.5 Å². The maximum absolute atomic E-state index is 6.06. The molecule has 0 N–H and O–H groups in total. The topological polar surface area (TPSA) is 26.0 Å². The van der Waals surface area contributed by atoms with Crippen molar-refractivity contribution in [2.24, 2.45) is 0 Å². The average molecular weight is 265 g/mol. The molecule has 4 rings (SSSR count). The predicted octanol–water partition coefficient (Wildman–Crippen LogP) is 4.95. The number of benzene rings is 1. The molecule has 2 heterocycles. The molecule has 1 aromatic carbocycles. The maximum atomic E-state index is 6.06. The van der Waals surface area contributed by atoms with Crippen molar-refractivity contribution in [3.05, 3.63) is 41.1 Å². The Kier molecular flexibility index (Phi) is 2.76. The first-order valence-electron chi connectivity index (χ1n) is 7.64. The highest BCUT2D eigenvalue weighted by Crippen LogP contribution is 2.33. The zero-order valence-corrected chi connectivity index (χ0v) is 11.9. The molecule has 0 spiro atoms. The first-order valence-corrected chi connectivity index (χ1v) is 7.64. The Labute approximate surface area is 118 Å². The van der Waals surface area contributed by atoms with Gasteiger partial charge in [0.2, 0.25) is 0 Å². The Balaban J connectivity index is 2.05. The van der Waals surface area contributed by atoms with Crippen LogP contribution in [0.25, 0.3) is 22.1 Å². The summed E-state index contributed by atoms with van der Waals surface area (Å²) < 4.78 is 6.06. The summed E-state index contributed by atoms with van der Waals surface area (Å²) in [5.41, 5.74) is 7.06. The number of furan rings is 1. The second-order valence-corrected chi connectivity index (χ2v) is 5.85. The maximum Gasteiger partial charge on any atom is 0.157 e. The monoisotopic (exact) mass is 265 g/mol. The molecular formula is C18H19NO. The van der Waals surface area contributed by atoms with Crippen molar-refractivity contribution in [3.8, 4) is 0 Å². The van der Waals surface area contributed by atoms with E-state index in [0.29, 0.717) is 0 Å². The van der Waals surface area contributed by atoms with Gasteiger partial charge < -0.3 is 4.42 Å². The molecule has 2 heteroatoms. The first-order chi connectivity index (χ1) is 9.84. The fraction of sp³-hybridized carbons (Fsp3) is 0.389. The second-order valence-electron chi connectivity index (χ2n) is 5.85. The fourth-order valence-electron chi connectivity index (χ4n) is 3.44. The van der Waals surface area contributed by atoms with Crippen molar-refractivity contribution in [2.75, 3.05) is 0 Å². The number of pyridine rings is 1. The molecule has 0 saturated carbocycles. The van der Waals surface area contributed by atoms with Gasteiger partial charge in [-0.3, -0.25) is 0 Å². The molecule has 102 valence electrons. The van der Waals surface area contributed by atoms with E-state index in [4.69, 9.17) is 9.40 Å². The molecule has 2 nitrogen and oxygen atoms in total. The summed E-state index contributed by atoms with van der Waals surface area (Å²) >= 11 is 0. The predicted molar refractivity (Wildman–Crippen MR) is 82.1 cm³/mol. The minimum atomic E-state index is 0.955. The SMILES string of the molecule is Cc1c2c(nc3c1oc1ccccc13)CCCCCC2. The van der Waals surface area contributed by atoms with Crippen LogP contribution in [-0.2, 0) is 12.8 Å². The molecule has 0 saturated heterocycles. The first kappa shape index (κ1) is 12.0. The van der Waals surface area contributed by atoms with Gasteiger partial charge in [0.25, 0.3) is 0 Å². The Morgan fingerprint density at radius 2 is 1.80 bits per heavy atom. The standard InChI is InChI=1S/C18H19NO/c1-12-13-8-4-2-3-5-10-15(13)19-17-14-9-6-7-11-16(14)20-18(12)17/h6-7,9,11H,2-5,8,10H2,1H3. The zero-order valence-electron chi connectivity index (χ0n) is 11.9. The molecule has 0 amide bonds. The molecule has 0 fully saturated rings. The van der Waals surface area contributed by atoms with Crippen LogP contribution in [0, 0.1) is 6.92 Å². The lowest BCUT2D eigenvalue weighted by molar-refractivity contribution is 0.605. The number of hydrogen-bond acceptors (Lipinski definition) is 2. The molecule has 3 aromatic rings. The summed E-state index contributed by atoms with van der Waals surface area (Å²) in [5.74, 6) is 0. The van der Waals surface area contributed by atoms with E-state index >= 15 is 0 Å². The van der Waals surface area contributed by atoms with Gasteiger partial charge in [-0.15, -0.1) is 0 Å². The lowest BCUT2D eigenvalue weighted by Crippen LogP contribution is -2.05. The molecule has 20 heavy (non-hydrogen) atoms. The van der Waals surface area contributed by atoms with E-state index in [2.05, 4.69) is 19.1 Å². The number of para-hydroxylation sites is 1. The molecule has 0 aliphatic heterocycles. The number of hydrogen-bond donors (Lipinski definition) is 0. The van der Waals surface area contributed by atoms with E-state index in [1.807, 2.05) is 12.1 Å². The van der Waals surface area contributed by atoms with E-state index < -0.39 is 0 Å². The van der Waals surface area contributed by atoms with Crippen LogP contribution in [0.4, 0.5) is 0 Å². The van der Waals surface area contributed by atoms with Crippen molar-refractivity contribution in [1.29, 1.82) is 0 Å². The van der Waals surface area contributed by atoms with Gasteiger partial charge >= 0.3 is 0 Å². The number of nitrogens with zero attached hydrogens (tertiary/aromatic N) is 1. The molecule has 0 radical (unpaired) electrons. The summed E-state index contributed by atoms with van der Waals surface area (Å²) in [7, 11) is 0. The summed E-state index contributed by atoms with van der Waals surface area (Å²) in [6.07, 6.45) is 7.50. The molecule has 2 aromatic heterocycles. The van der Waals surface area contributed by atoms with Gasteiger partial charge in [0, 0.05) is 11.1 Å². The third-order valence-corrected chi connectivity index (χ3v) is 4.55. The number of aryl methyl sites for hydroxylation is 2. The highest BCUT2D eigenvalue weighted by Gasteiger charge is 2.18. The molecule has 0 unspecified atom stereocenters. The Morgan fingerprint density at radius 1 is 1.00 bits per heavy atom. The van der Waals surface area contributed by atoms with Gasteiger partial charge in [0.1, 0.15) is 11.1 Å². The fourth-order valence-corrected chi connectivity index (χ4v) is 3.44. The third-order valence-electron chi connectivity index (χ3n) is 4.55. The van der Waals surface area contributed by atoms with Gasteiger partial charge in [0.05, 0.1) is 0 Å². The quantitative estimate of drug-likeness (QED) is 0.575. The van der Waals surface area contributed by atoms with Crippen LogP contribution in [0.3, 0.4) is 0 Å². The highest BCUT2D eigenvalue weighted by molar-refractivity contribution is 6.03. The summed E-state index contributed by atoms with van der Waals surface area (Å²) in [6, 6.07) is 8.23. The van der Waals surface area contributed by atoms with Crippen molar-refractivity contribution in [1.82, 2.24) is 4.98 Å². The van der Waals surface area contributed by atoms with E-state index in [1.54, 1.807) is 0 Å². The van der Waals surface area contributed by atoms with Crippen LogP contribution in [0.2, 0.25) is 0 Å². The van der Waals surface area contributed by atoms with Crippen LogP contribution in [0.15, 0.2) is 28.7 Å². The van der Waals surface area contributed by atoms with Crippen LogP contribution in [0.1, 0.15) is 42.5 Å². The average Bonchev–Trinajstić information content (AvgIpc) is 2.80. The lowest BCUT2D eigenvalue weighted by atomic mass is 9.93. The molecule has 1 aliphatic carbocycles. The Morgan fingerprint density at radius 3 is 2.70 bits per heavy atom.